The zero-order valence-corrected chi connectivity index (χ0v) is 21.1. The van der Waals surface area contributed by atoms with Crippen LogP contribution in [0.15, 0.2) is 48.5 Å². The smallest absolute Gasteiger partial charge is 0.261 e. The molecule has 0 spiro atoms. The van der Waals surface area contributed by atoms with Gasteiger partial charge < -0.3 is 15.7 Å². The predicted octanol–water partition coefficient (Wildman–Crippen LogP) is 5.61. The van der Waals surface area contributed by atoms with Gasteiger partial charge in [0.1, 0.15) is 11.6 Å². The lowest BCUT2D eigenvalue weighted by molar-refractivity contribution is 0.0826. The van der Waals surface area contributed by atoms with Crippen molar-refractivity contribution in [1.29, 1.82) is 0 Å². The van der Waals surface area contributed by atoms with Gasteiger partial charge in [-0.1, -0.05) is 36.7 Å². The number of aliphatic hydroxyl groups excluding tert-OH is 1. The SMILES string of the molecule is CCc1ccc2c(c1)[C@@H](NC[C@@H](O)[C@H](Cc1cc(F)cc(F)c1)NC(=O)c1ccc(Cl)s1)CCC2. The summed E-state index contributed by atoms with van der Waals surface area (Å²) in [6, 6.07) is 12.4. The second-order valence-electron chi connectivity index (χ2n) is 8.97. The van der Waals surface area contributed by atoms with E-state index >= 15 is 0 Å². The second-order valence-corrected chi connectivity index (χ2v) is 10.7. The molecule has 2 aromatic carbocycles. The number of carbonyl (C=O) groups excluding carboxylic acids is 1. The molecule has 3 aromatic rings. The van der Waals surface area contributed by atoms with E-state index in [9.17, 15) is 18.7 Å². The monoisotopic (exact) mass is 518 g/mol. The number of fused-ring (bicyclic) bond motifs is 1. The Balaban J connectivity index is 1.50. The third-order valence-electron chi connectivity index (χ3n) is 6.46. The van der Waals surface area contributed by atoms with Gasteiger partial charge in [-0.3, -0.25) is 4.79 Å². The number of halogens is 3. The molecule has 3 N–H and O–H groups in total. The van der Waals surface area contributed by atoms with Crippen molar-refractivity contribution in [3.63, 3.8) is 0 Å². The van der Waals surface area contributed by atoms with Crippen molar-refractivity contribution in [2.75, 3.05) is 6.54 Å². The molecule has 1 aromatic heterocycles. The molecule has 4 rings (SSSR count). The number of carbonyl (C=O) groups is 1. The third-order valence-corrected chi connectivity index (χ3v) is 7.69. The number of hydrogen-bond acceptors (Lipinski definition) is 4. The van der Waals surface area contributed by atoms with E-state index in [0.717, 1.165) is 43.1 Å². The standard InChI is InChI=1S/C27H29ClF2N2O2S/c1-2-16-6-7-18-4-3-5-22(21(18)12-16)31-15-24(33)23(13-17-10-19(29)14-20(30)11-17)32-27(34)25-8-9-26(28)35-25/h6-12,14,22-24,31,33H,2-5,13,15H2,1H3,(H,32,34)/t22-,23-,24+/m0/s1. The number of nitrogens with one attached hydrogen (secondary N) is 2. The molecule has 0 unspecified atom stereocenters. The van der Waals surface area contributed by atoms with E-state index in [1.54, 1.807) is 12.1 Å². The molecule has 1 aliphatic carbocycles. The molecule has 0 fully saturated rings. The summed E-state index contributed by atoms with van der Waals surface area (Å²) in [5, 5.41) is 17.4. The highest BCUT2D eigenvalue weighted by Crippen LogP contribution is 2.31. The zero-order chi connectivity index (χ0) is 24.9. The number of aryl methyl sites for hydroxylation is 2. The Morgan fingerprint density at radius 2 is 1.91 bits per heavy atom. The van der Waals surface area contributed by atoms with Crippen LogP contribution in [0.3, 0.4) is 0 Å². The van der Waals surface area contributed by atoms with Gasteiger partial charge in [0.05, 0.1) is 21.4 Å². The van der Waals surface area contributed by atoms with Gasteiger partial charge in [0, 0.05) is 18.7 Å². The second kappa shape index (κ2) is 11.6. The maximum atomic E-state index is 13.8. The number of benzene rings is 2. The normalized spacial score (nSPS) is 17.0. The average Bonchev–Trinajstić information content (AvgIpc) is 3.27. The Morgan fingerprint density at radius 1 is 1.14 bits per heavy atom. The minimum Gasteiger partial charge on any atom is -0.390 e. The molecule has 0 saturated heterocycles. The van der Waals surface area contributed by atoms with Crippen molar-refractivity contribution in [1.82, 2.24) is 10.6 Å². The molecular weight excluding hydrogens is 490 g/mol. The summed E-state index contributed by atoms with van der Waals surface area (Å²) < 4.78 is 28.1. The lowest BCUT2D eigenvalue weighted by Crippen LogP contribution is -2.49. The Hall–Kier alpha value is -2.32. The molecule has 186 valence electrons. The van der Waals surface area contributed by atoms with Crippen LogP contribution >= 0.6 is 22.9 Å². The van der Waals surface area contributed by atoms with Crippen LogP contribution in [0.25, 0.3) is 0 Å². The molecule has 0 radical (unpaired) electrons. The van der Waals surface area contributed by atoms with E-state index in [1.807, 2.05) is 0 Å². The quantitative estimate of drug-likeness (QED) is 0.345. The van der Waals surface area contributed by atoms with Gasteiger partial charge in [-0.2, -0.15) is 0 Å². The summed E-state index contributed by atoms with van der Waals surface area (Å²) in [6.07, 6.45) is 3.08. The van der Waals surface area contributed by atoms with Crippen molar-refractivity contribution in [2.24, 2.45) is 0 Å². The first-order valence-electron chi connectivity index (χ1n) is 11.9. The molecule has 1 heterocycles. The van der Waals surface area contributed by atoms with Crippen molar-refractivity contribution in [2.45, 2.75) is 57.2 Å². The van der Waals surface area contributed by atoms with Crippen LogP contribution in [-0.4, -0.2) is 29.7 Å². The Labute approximate surface area is 213 Å². The van der Waals surface area contributed by atoms with E-state index < -0.39 is 29.7 Å². The van der Waals surface area contributed by atoms with Crippen LogP contribution in [0, 0.1) is 11.6 Å². The van der Waals surface area contributed by atoms with Gasteiger partial charge in [-0.15, -0.1) is 11.3 Å². The maximum Gasteiger partial charge on any atom is 0.261 e. The highest BCUT2D eigenvalue weighted by atomic mass is 35.5. The number of hydrogen-bond donors (Lipinski definition) is 3. The van der Waals surface area contributed by atoms with Crippen molar-refractivity contribution in [3.8, 4) is 0 Å². The van der Waals surface area contributed by atoms with Crippen LogP contribution < -0.4 is 10.6 Å². The molecule has 1 amide bonds. The molecule has 35 heavy (non-hydrogen) atoms. The Kier molecular flexibility index (Phi) is 8.55. The van der Waals surface area contributed by atoms with E-state index in [1.165, 1.54) is 28.8 Å². The van der Waals surface area contributed by atoms with E-state index in [4.69, 9.17) is 11.6 Å². The summed E-state index contributed by atoms with van der Waals surface area (Å²) in [5.74, 6) is -1.79. The highest BCUT2D eigenvalue weighted by Gasteiger charge is 2.26. The lowest BCUT2D eigenvalue weighted by atomic mass is 9.86. The molecule has 0 aliphatic heterocycles. The fourth-order valence-electron chi connectivity index (χ4n) is 4.63. The van der Waals surface area contributed by atoms with Gasteiger partial charge in [0.15, 0.2) is 0 Å². The average molecular weight is 519 g/mol. The molecule has 4 nitrogen and oxygen atoms in total. The Morgan fingerprint density at radius 3 is 2.60 bits per heavy atom. The first-order chi connectivity index (χ1) is 16.8. The fourth-order valence-corrected chi connectivity index (χ4v) is 5.57. The molecule has 0 bridgehead atoms. The van der Waals surface area contributed by atoms with Crippen molar-refractivity contribution in [3.05, 3.63) is 91.6 Å². The van der Waals surface area contributed by atoms with Crippen LogP contribution in [-0.2, 0) is 19.3 Å². The summed E-state index contributed by atoms with van der Waals surface area (Å²) in [4.78, 5) is 13.2. The van der Waals surface area contributed by atoms with Gasteiger partial charge in [0.25, 0.3) is 5.91 Å². The summed E-state index contributed by atoms with van der Waals surface area (Å²) in [6.45, 7) is 2.34. The predicted molar refractivity (Wildman–Crippen MR) is 136 cm³/mol. The number of aliphatic hydroxyl groups is 1. The summed E-state index contributed by atoms with van der Waals surface area (Å²) in [7, 11) is 0. The first-order valence-corrected chi connectivity index (χ1v) is 13.1. The molecule has 8 heteroatoms. The van der Waals surface area contributed by atoms with Gasteiger partial charge in [-0.25, -0.2) is 8.78 Å². The molecular formula is C27H29ClF2N2O2S. The third kappa shape index (κ3) is 6.67. The van der Waals surface area contributed by atoms with Crippen LogP contribution in [0.5, 0.6) is 0 Å². The summed E-state index contributed by atoms with van der Waals surface area (Å²) in [5.41, 5.74) is 4.19. The first kappa shape index (κ1) is 25.8. The maximum absolute atomic E-state index is 13.8. The van der Waals surface area contributed by atoms with Crippen LogP contribution in [0.4, 0.5) is 8.78 Å². The van der Waals surface area contributed by atoms with Crippen molar-refractivity contribution >= 4 is 28.8 Å². The van der Waals surface area contributed by atoms with Gasteiger partial charge in [-0.05, 0) is 78.6 Å². The van der Waals surface area contributed by atoms with Crippen LogP contribution in [0.2, 0.25) is 4.34 Å². The lowest BCUT2D eigenvalue weighted by Gasteiger charge is -2.30. The Bertz CT molecular complexity index is 1170. The molecule has 3 atom stereocenters. The topological polar surface area (TPSA) is 61.4 Å². The number of thiophene rings is 1. The van der Waals surface area contributed by atoms with Gasteiger partial charge in [0.2, 0.25) is 0 Å². The van der Waals surface area contributed by atoms with Crippen LogP contribution in [0.1, 0.15) is 57.7 Å². The number of amides is 1. The highest BCUT2D eigenvalue weighted by molar-refractivity contribution is 7.18. The minimum absolute atomic E-state index is 0.0730. The number of rotatable bonds is 9. The molecule has 1 aliphatic rings. The summed E-state index contributed by atoms with van der Waals surface area (Å²) >= 11 is 7.09. The fraction of sp³-hybridized carbons (Fsp3) is 0.370. The van der Waals surface area contributed by atoms with Gasteiger partial charge >= 0.3 is 0 Å². The molecule has 0 saturated carbocycles. The van der Waals surface area contributed by atoms with Crippen molar-refractivity contribution < 1.29 is 18.7 Å². The van der Waals surface area contributed by atoms with E-state index in [0.29, 0.717) is 14.8 Å². The van der Waals surface area contributed by atoms with E-state index in [-0.39, 0.29) is 19.0 Å². The zero-order valence-electron chi connectivity index (χ0n) is 19.5. The van der Waals surface area contributed by atoms with E-state index in [2.05, 4.69) is 35.8 Å². The minimum atomic E-state index is -0.986. The largest absolute Gasteiger partial charge is 0.390 e.